The van der Waals surface area contributed by atoms with Crippen LogP contribution in [0.25, 0.3) is 0 Å². The van der Waals surface area contributed by atoms with Crippen LogP contribution in [-0.2, 0) is 4.79 Å². The van der Waals surface area contributed by atoms with Gasteiger partial charge >= 0.3 is 0 Å². The molecule has 0 bridgehead atoms. The number of rotatable bonds is 3. The quantitative estimate of drug-likeness (QED) is 0.690. The molecule has 2 rings (SSSR count). The number of hydrogen-bond acceptors (Lipinski definition) is 1. The topological polar surface area (TPSA) is 17.1 Å². The van der Waals surface area contributed by atoms with Gasteiger partial charge in [0, 0.05) is 5.57 Å². The summed E-state index contributed by atoms with van der Waals surface area (Å²) < 4.78 is 0. The minimum atomic E-state index is 0.206. The van der Waals surface area contributed by atoms with Crippen LogP contribution < -0.4 is 0 Å². The van der Waals surface area contributed by atoms with Gasteiger partial charge in [-0.1, -0.05) is 62.8 Å². The van der Waals surface area contributed by atoms with Crippen molar-refractivity contribution < 1.29 is 4.79 Å². The number of benzene rings is 1. The Balaban J connectivity index is 0.000000211. The second-order valence-electron chi connectivity index (χ2n) is 5.90. The number of carbonyl (C=O) groups excluding carboxylic acids is 1. The maximum absolute atomic E-state index is 11.1. The highest BCUT2D eigenvalue weighted by molar-refractivity contribution is 5.97. The number of ketones is 1. The maximum atomic E-state index is 11.1. The first-order chi connectivity index (χ1) is 9.95. The van der Waals surface area contributed by atoms with Gasteiger partial charge in [-0.05, 0) is 50.2 Å². The largest absolute Gasteiger partial charge is 0.295 e. The van der Waals surface area contributed by atoms with E-state index in [9.17, 15) is 4.79 Å². The minimum absolute atomic E-state index is 0.206. The number of allylic oxidation sites excluding steroid dienone is 4. The smallest absolute Gasteiger partial charge is 0.159 e. The molecular weight excluding hydrogens is 256 g/mol. The maximum Gasteiger partial charge on any atom is 0.159 e. The average molecular weight is 284 g/mol. The highest BCUT2D eigenvalue weighted by atomic mass is 16.1. The third kappa shape index (κ3) is 5.71. The molecule has 1 aliphatic rings. The number of carbonyl (C=O) groups is 1. The van der Waals surface area contributed by atoms with Crippen LogP contribution in [0.3, 0.4) is 0 Å². The Labute approximate surface area is 129 Å². The van der Waals surface area contributed by atoms with E-state index in [1.165, 1.54) is 16.7 Å². The van der Waals surface area contributed by atoms with E-state index in [4.69, 9.17) is 0 Å². The van der Waals surface area contributed by atoms with Crippen LogP contribution in [0.2, 0.25) is 0 Å². The second kappa shape index (κ2) is 8.61. The summed E-state index contributed by atoms with van der Waals surface area (Å²) in [5.41, 5.74) is 4.93. The van der Waals surface area contributed by atoms with E-state index < -0.39 is 0 Å². The van der Waals surface area contributed by atoms with Gasteiger partial charge in [0.1, 0.15) is 0 Å². The van der Waals surface area contributed by atoms with E-state index in [0.717, 1.165) is 24.8 Å². The van der Waals surface area contributed by atoms with Gasteiger partial charge in [0.05, 0.1) is 0 Å². The number of hydrogen-bond donors (Lipinski definition) is 0. The van der Waals surface area contributed by atoms with Gasteiger partial charge in [0.15, 0.2) is 5.78 Å². The molecule has 0 saturated carbocycles. The van der Waals surface area contributed by atoms with Crippen LogP contribution in [0.1, 0.15) is 64.0 Å². The fourth-order valence-corrected chi connectivity index (χ4v) is 2.38. The van der Waals surface area contributed by atoms with Crippen molar-refractivity contribution in [3.8, 4) is 0 Å². The van der Waals surface area contributed by atoms with Crippen molar-refractivity contribution in [2.24, 2.45) is 0 Å². The molecule has 1 nitrogen and oxygen atoms in total. The molecule has 0 spiro atoms. The van der Waals surface area contributed by atoms with Gasteiger partial charge in [-0.25, -0.2) is 0 Å². The van der Waals surface area contributed by atoms with Crippen LogP contribution in [0.4, 0.5) is 0 Å². The molecule has 1 aromatic carbocycles. The summed E-state index contributed by atoms with van der Waals surface area (Å²) in [7, 11) is 0. The molecule has 114 valence electrons. The SMILES string of the molecule is CCC1=CCCC=C1C(C)=O.Cc1ccc(C(C)C)cc1. The summed E-state index contributed by atoms with van der Waals surface area (Å²) >= 11 is 0. The Bertz CT molecular complexity index is 515. The van der Waals surface area contributed by atoms with Gasteiger partial charge in [-0.3, -0.25) is 4.79 Å². The van der Waals surface area contributed by atoms with E-state index in [1.807, 2.05) is 0 Å². The van der Waals surface area contributed by atoms with Crippen molar-refractivity contribution >= 4 is 5.78 Å². The zero-order valence-corrected chi connectivity index (χ0v) is 14.1. The Morgan fingerprint density at radius 3 is 2.10 bits per heavy atom. The summed E-state index contributed by atoms with van der Waals surface area (Å²) in [6, 6.07) is 8.71. The fourth-order valence-electron chi connectivity index (χ4n) is 2.38. The first kappa shape index (κ1) is 17.4. The molecule has 0 amide bonds. The summed E-state index contributed by atoms with van der Waals surface area (Å²) in [6.07, 6.45) is 7.34. The Morgan fingerprint density at radius 2 is 1.67 bits per heavy atom. The van der Waals surface area contributed by atoms with Gasteiger partial charge in [-0.15, -0.1) is 0 Å². The lowest BCUT2D eigenvalue weighted by Gasteiger charge is -2.11. The highest BCUT2D eigenvalue weighted by Crippen LogP contribution is 2.21. The highest BCUT2D eigenvalue weighted by Gasteiger charge is 2.10. The van der Waals surface area contributed by atoms with Crippen molar-refractivity contribution in [3.63, 3.8) is 0 Å². The van der Waals surface area contributed by atoms with Crippen LogP contribution >= 0.6 is 0 Å². The molecular formula is C20H28O. The fraction of sp³-hybridized carbons (Fsp3) is 0.450. The van der Waals surface area contributed by atoms with Crippen molar-refractivity contribution in [2.75, 3.05) is 0 Å². The zero-order chi connectivity index (χ0) is 15.8. The first-order valence-electron chi connectivity index (χ1n) is 7.92. The van der Waals surface area contributed by atoms with E-state index in [1.54, 1.807) is 6.92 Å². The molecule has 0 radical (unpaired) electrons. The first-order valence-corrected chi connectivity index (χ1v) is 7.92. The predicted octanol–water partition coefficient (Wildman–Crippen LogP) is 5.75. The average Bonchev–Trinajstić information content (AvgIpc) is 2.48. The Kier molecular flexibility index (Phi) is 7.14. The predicted molar refractivity (Wildman–Crippen MR) is 91.6 cm³/mol. The van der Waals surface area contributed by atoms with Crippen molar-refractivity contribution in [3.05, 3.63) is 58.7 Å². The lowest BCUT2D eigenvalue weighted by atomic mass is 9.93. The van der Waals surface area contributed by atoms with Crippen molar-refractivity contribution in [2.45, 2.75) is 59.8 Å². The molecule has 21 heavy (non-hydrogen) atoms. The second-order valence-corrected chi connectivity index (χ2v) is 5.90. The molecule has 1 aromatic rings. The van der Waals surface area contributed by atoms with Gasteiger partial charge in [0.25, 0.3) is 0 Å². The van der Waals surface area contributed by atoms with Crippen LogP contribution in [0.5, 0.6) is 0 Å². The van der Waals surface area contributed by atoms with Gasteiger partial charge in [-0.2, -0.15) is 0 Å². The van der Waals surface area contributed by atoms with Gasteiger partial charge < -0.3 is 0 Å². The molecule has 1 heteroatoms. The lowest BCUT2D eigenvalue weighted by Crippen LogP contribution is -2.02. The molecule has 0 N–H and O–H groups in total. The monoisotopic (exact) mass is 284 g/mol. The summed E-state index contributed by atoms with van der Waals surface area (Å²) in [6.45, 7) is 10.3. The zero-order valence-electron chi connectivity index (χ0n) is 14.1. The van der Waals surface area contributed by atoms with Gasteiger partial charge in [0.2, 0.25) is 0 Å². The normalized spacial score (nSPS) is 14.0. The molecule has 0 atom stereocenters. The van der Waals surface area contributed by atoms with E-state index >= 15 is 0 Å². The summed E-state index contributed by atoms with van der Waals surface area (Å²) in [5.74, 6) is 0.860. The van der Waals surface area contributed by atoms with E-state index in [2.05, 4.69) is 64.1 Å². The van der Waals surface area contributed by atoms with Crippen LogP contribution in [0.15, 0.2) is 47.6 Å². The van der Waals surface area contributed by atoms with E-state index in [0.29, 0.717) is 5.92 Å². The summed E-state index contributed by atoms with van der Waals surface area (Å²) in [5, 5.41) is 0. The Hall–Kier alpha value is -1.63. The molecule has 0 aliphatic heterocycles. The van der Waals surface area contributed by atoms with Crippen molar-refractivity contribution in [1.82, 2.24) is 0 Å². The number of Topliss-reactive ketones (excluding diaryl/α,β-unsaturated/α-hetero) is 1. The number of aryl methyl sites for hydroxylation is 1. The third-order valence-electron chi connectivity index (χ3n) is 3.76. The van der Waals surface area contributed by atoms with E-state index in [-0.39, 0.29) is 5.78 Å². The molecule has 0 fully saturated rings. The standard InChI is InChI=1S/C10H14O.C10H14/c1-3-9-6-4-5-7-10(9)8(2)11;1-8(2)10-6-4-9(3)5-7-10/h6-7H,3-5H2,1-2H3;4-8H,1-3H3. The third-order valence-corrected chi connectivity index (χ3v) is 3.76. The molecule has 0 aromatic heterocycles. The molecule has 0 unspecified atom stereocenters. The molecule has 1 aliphatic carbocycles. The van der Waals surface area contributed by atoms with Crippen molar-refractivity contribution in [1.29, 1.82) is 0 Å². The van der Waals surface area contributed by atoms with Crippen LogP contribution in [-0.4, -0.2) is 5.78 Å². The molecule has 0 heterocycles. The summed E-state index contributed by atoms with van der Waals surface area (Å²) in [4.78, 5) is 11.1. The molecule has 0 saturated heterocycles. The Morgan fingerprint density at radius 1 is 1.10 bits per heavy atom. The lowest BCUT2D eigenvalue weighted by molar-refractivity contribution is -0.113. The minimum Gasteiger partial charge on any atom is -0.295 e. The van der Waals surface area contributed by atoms with Crippen LogP contribution in [0, 0.1) is 6.92 Å².